The molecule has 0 N–H and O–H groups in total. The molecule has 4 aromatic rings. The van der Waals surface area contributed by atoms with Crippen LogP contribution in [0.25, 0.3) is 32.2 Å². The van der Waals surface area contributed by atoms with E-state index in [-0.39, 0.29) is 54.4 Å². The fourth-order valence-electron chi connectivity index (χ4n) is 5.84. The highest BCUT2D eigenvalue weighted by Gasteiger charge is 2.34. The summed E-state index contributed by atoms with van der Waals surface area (Å²) in [6, 6.07) is 8.10. The number of ether oxygens (including phenoxy) is 1. The minimum Gasteiger partial charge on any atom is -0.462 e. The number of hydrogen-bond donors (Lipinski definition) is 0. The van der Waals surface area contributed by atoms with Crippen molar-refractivity contribution in [2.24, 2.45) is 0 Å². The van der Waals surface area contributed by atoms with Gasteiger partial charge >= 0.3 is 6.01 Å². The number of carbonyl (C=O) groups is 1. The summed E-state index contributed by atoms with van der Waals surface area (Å²) in [6.45, 7) is 4.84. The van der Waals surface area contributed by atoms with Gasteiger partial charge < -0.3 is 19.4 Å². The number of benzene rings is 1. The second-order valence-corrected chi connectivity index (χ2v) is 11.7. The van der Waals surface area contributed by atoms with Crippen LogP contribution in [0.2, 0.25) is 0 Å². The lowest BCUT2D eigenvalue weighted by Gasteiger charge is -2.41. The highest BCUT2D eigenvalue weighted by molar-refractivity contribution is 7.18. The number of anilines is 1. The lowest BCUT2D eigenvalue weighted by Crippen LogP contribution is -2.55. The number of thiophene rings is 1. The van der Waals surface area contributed by atoms with Gasteiger partial charge in [0.15, 0.2) is 16.8 Å². The van der Waals surface area contributed by atoms with Crippen LogP contribution >= 0.6 is 11.3 Å². The van der Waals surface area contributed by atoms with Gasteiger partial charge in [-0.1, -0.05) is 24.8 Å². The second-order valence-electron chi connectivity index (χ2n) is 10.7. The number of amides is 1. The third-order valence-electron chi connectivity index (χ3n) is 8.09. The molecular formula is C30H28F3N7O2S. The van der Waals surface area contributed by atoms with Crippen LogP contribution in [0.4, 0.5) is 19.0 Å². The van der Waals surface area contributed by atoms with E-state index in [1.807, 2.05) is 11.9 Å². The summed E-state index contributed by atoms with van der Waals surface area (Å²) in [6.07, 6.45) is 3.42. The maximum atomic E-state index is 16.4. The molecular weight excluding hydrogens is 579 g/mol. The van der Waals surface area contributed by atoms with Crippen molar-refractivity contribution in [1.82, 2.24) is 24.8 Å². The molecule has 0 unspecified atom stereocenters. The number of pyridine rings is 1. The Labute approximate surface area is 249 Å². The Morgan fingerprint density at radius 1 is 1.23 bits per heavy atom. The van der Waals surface area contributed by atoms with Crippen LogP contribution in [0.5, 0.6) is 6.01 Å². The maximum Gasteiger partial charge on any atom is 0.319 e. The van der Waals surface area contributed by atoms with E-state index in [2.05, 4.69) is 32.5 Å². The van der Waals surface area contributed by atoms with E-state index in [9.17, 15) is 18.8 Å². The van der Waals surface area contributed by atoms with Gasteiger partial charge in [0.05, 0.1) is 23.9 Å². The highest BCUT2D eigenvalue weighted by atomic mass is 32.1. The zero-order valence-electron chi connectivity index (χ0n) is 23.4. The monoisotopic (exact) mass is 607 g/mol. The molecule has 0 aliphatic carbocycles. The highest BCUT2D eigenvalue weighted by Crippen LogP contribution is 2.38. The predicted octanol–water partition coefficient (Wildman–Crippen LogP) is 5.07. The molecule has 0 bridgehead atoms. The zero-order chi connectivity index (χ0) is 30.2. The van der Waals surface area contributed by atoms with Crippen LogP contribution < -0.4 is 9.64 Å². The van der Waals surface area contributed by atoms with Crippen molar-refractivity contribution in [1.29, 1.82) is 5.26 Å². The number of fused-ring (bicyclic) bond motifs is 2. The van der Waals surface area contributed by atoms with E-state index in [1.165, 1.54) is 17.2 Å². The molecule has 43 heavy (non-hydrogen) atoms. The predicted molar refractivity (Wildman–Crippen MR) is 157 cm³/mol. The fourth-order valence-corrected chi connectivity index (χ4v) is 6.75. The fraction of sp³-hybridized carbons (Fsp3) is 0.367. The number of hydrogen-bond acceptors (Lipinski definition) is 9. The van der Waals surface area contributed by atoms with Crippen LogP contribution in [0.15, 0.2) is 42.9 Å². The van der Waals surface area contributed by atoms with Gasteiger partial charge in [-0.25, -0.2) is 8.78 Å². The molecule has 1 amide bonds. The van der Waals surface area contributed by atoms with Crippen LogP contribution in [-0.2, 0) is 4.79 Å². The van der Waals surface area contributed by atoms with Crippen molar-refractivity contribution >= 4 is 44.1 Å². The number of likely N-dealkylation sites (N-methyl/N-ethyl adjacent to an activating group) is 1. The first-order valence-electron chi connectivity index (χ1n) is 13.9. The normalized spacial score (nSPS) is 19.2. The largest absolute Gasteiger partial charge is 0.462 e. The number of halogens is 3. The minimum absolute atomic E-state index is 0.0188. The Balaban J connectivity index is 1.43. The molecule has 0 saturated carbocycles. The van der Waals surface area contributed by atoms with Crippen LogP contribution in [0.3, 0.4) is 0 Å². The number of likely N-dealkylation sites (tertiary alicyclic amines) is 1. The molecule has 2 saturated heterocycles. The Kier molecular flexibility index (Phi) is 7.89. The van der Waals surface area contributed by atoms with Crippen molar-refractivity contribution in [2.45, 2.75) is 31.3 Å². The molecule has 1 aromatic carbocycles. The average Bonchev–Trinajstić information content (AvgIpc) is 3.59. The number of aromatic nitrogens is 3. The molecule has 9 nitrogen and oxygen atoms in total. The van der Waals surface area contributed by atoms with Gasteiger partial charge in [-0.15, -0.1) is 11.3 Å². The van der Waals surface area contributed by atoms with Crippen LogP contribution in [0, 0.1) is 22.3 Å². The van der Waals surface area contributed by atoms with Crippen molar-refractivity contribution in [2.75, 3.05) is 44.7 Å². The Morgan fingerprint density at radius 3 is 2.81 bits per heavy atom. The number of nitrogens with zero attached hydrogens (tertiary/aromatic N) is 7. The SMILES string of the molecule is C=C(F)C(=O)N1CCN(c2nc(OC[C@@H]3CCCN3C)nc3c(F)c(-c4cccc5cc(F)sc45)ncc23)C[C@@H]1CC#N. The standard InChI is InChI=1S/C30H28F3N7O2S/c1-17(31)29(41)40-12-11-39(15-19(40)8-9-34)28-22-14-35-25(21-7-3-5-18-13-23(32)43-27(18)21)24(33)26(22)36-30(37-28)42-16-20-6-4-10-38(20)2/h3,5,7,13-14,19-20H,1,4,6,8,10-12,15-16H2,2H3/t19-,20-/m0/s1. The Hall–Kier alpha value is -4.28. The van der Waals surface area contributed by atoms with Crippen molar-refractivity contribution in [3.8, 4) is 23.3 Å². The van der Waals surface area contributed by atoms with Gasteiger partial charge in [-0.2, -0.15) is 19.6 Å². The number of carbonyl (C=O) groups excluding carboxylic acids is 1. The van der Waals surface area contributed by atoms with Gasteiger partial charge in [0.25, 0.3) is 5.91 Å². The minimum atomic E-state index is -1.10. The number of rotatable bonds is 7. The third-order valence-corrected chi connectivity index (χ3v) is 9.06. The topological polar surface area (TPSA) is 98.5 Å². The van der Waals surface area contributed by atoms with Gasteiger partial charge in [-0.05, 0) is 37.9 Å². The van der Waals surface area contributed by atoms with E-state index in [4.69, 9.17) is 4.74 Å². The Morgan fingerprint density at radius 2 is 2.07 bits per heavy atom. The molecule has 2 atom stereocenters. The number of piperazine rings is 1. The molecule has 6 rings (SSSR count). The smallest absolute Gasteiger partial charge is 0.319 e. The molecule has 222 valence electrons. The van der Waals surface area contributed by atoms with Gasteiger partial charge in [0, 0.05) is 42.1 Å². The lowest BCUT2D eigenvalue weighted by molar-refractivity contribution is -0.131. The molecule has 0 spiro atoms. The summed E-state index contributed by atoms with van der Waals surface area (Å²) >= 11 is 0.913. The quantitative estimate of drug-likeness (QED) is 0.269. The molecule has 2 fully saturated rings. The number of nitriles is 1. The van der Waals surface area contributed by atoms with E-state index >= 15 is 4.39 Å². The van der Waals surface area contributed by atoms with E-state index in [0.29, 0.717) is 33.5 Å². The summed E-state index contributed by atoms with van der Waals surface area (Å²) in [5.74, 6) is -2.35. The summed E-state index contributed by atoms with van der Waals surface area (Å²) < 4.78 is 50.9. The van der Waals surface area contributed by atoms with Crippen LogP contribution in [0.1, 0.15) is 19.3 Å². The van der Waals surface area contributed by atoms with Crippen LogP contribution in [-0.4, -0.2) is 82.6 Å². The van der Waals surface area contributed by atoms with Crippen molar-refractivity contribution < 1.29 is 22.7 Å². The summed E-state index contributed by atoms with van der Waals surface area (Å²) in [5.41, 5.74) is 0.435. The molecule has 13 heteroatoms. The maximum absolute atomic E-state index is 16.4. The molecule has 5 heterocycles. The summed E-state index contributed by atoms with van der Waals surface area (Å²) in [4.78, 5) is 31.3. The van der Waals surface area contributed by atoms with Gasteiger partial charge in [-0.3, -0.25) is 9.78 Å². The Bertz CT molecular complexity index is 1770. The lowest BCUT2D eigenvalue weighted by atomic mass is 10.1. The first kappa shape index (κ1) is 28.8. The molecule has 3 aromatic heterocycles. The van der Waals surface area contributed by atoms with Crippen molar-refractivity contribution in [3.63, 3.8) is 0 Å². The summed E-state index contributed by atoms with van der Waals surface area (Å²) in [5, 5.41) is 9.98. The summed E-state index contributed by atoms with van der Waals surface area (Å²) in [7, 11) is 2.02. The van der Waals surface area contributed by atoms with E-state index < -0.39 is 23.6 Å². The zero-order valence-corrected chi connectivity index (χ0v) is 24.2. The molecule has 2 aliphatic heterocycles. The molecule has 2 aliphatic rings. The van der Waals surface area contributed by atoms with Gasteiger partial charge in [0.1, 0.15) is 23.6 Å². The first-order chi connectivity index (χ1) is 20.7. The average molecular weight is 608 g/mol. The van der Waals surface area contributed by atoms with Crippen molar-refractivity contribution in [3.05, 3.63) is 53.8 Å². The van der Waals surface area contributed by atoms with E-state index in [1.54, 1.807) is 18.2 Å². The van der Waals surface area contributed by atoms with E-state index in [0.717, 1.165) is 30.7 Å². The second kappa shape index (κ2) is 11.8. The first-order valence-corrected chi connectivity index (χ1v) is 14.7. The third kappa shape index (κ3) is 5.48. The molecule has 0 radical (unpaired) electrons. The van der Waals surface area contributed by atoms with Gasteiger partial charge in [0.2, 0.25) is 0 Å².